The van der Waals surface area contributed by atoms with Crippen LogP contribution in [0.5, 0.6) is 0 Å². The van der Waals surface area contributed by atoms with Gasteiger partial charge in [-0.2, -0.15) is 0 Å². The number of fused-ring (bicyclic) bond motifs is 1. The molecule has 1 aromatic carbocycles. The standard InChI is InChI=1S/C17H21N3O5/c1-3-10(2)23-17-13(19-20-18)14(21)15-12(24-17)9-22-16(25-15)11-7-5-4-6-8-11/h3-8,10,12-17,21H,1,9H2,2H3/t10?,12-,13-,14-,15-,16?,17-/m1/s1. The second-order valence-electron chi connectivity index (χ2n) is 5.98. The average molecular weight is 347 g/mol. The van der Waals surface area contributed by atoms with E-state index in [4.69, 9.17) is 24.5 Å². The summed E-state index contributed by atoms with van der Waals surface area (Å²) < 4.78 is 23.1. The number of azide groups is 1. The van der Waals surface area contributed by atoms with Crippen LogP contribution in [0.3, 0.4) is 0 Å². The van der Waals surface area contributed by atoms with Crippen molar-refractivity contribution in [2.75, 3.05) is 6.61 Å². The molecule has 8 heteroatoms. The van der Waals surface area contributed by atoms with E-state index in [0.717, 1.165) is 5.56 Å². The number of aliphatic hydroxyl groups is 1. The third-order valence-corrected chi connectivity index (χ3v) is 4.27. The number of aliphatic hydroxyl groups excluding tert-OH is 1. The molecule has 2 heterocycles. The van der Waals surface area contributed by atoms with Gasteiger partial charge in [-0.3, -0.25) is 0 Å². The Morgan fingerprint density at radius 2 is 2.16 bits per heavy atom. The van der Waals surface area contributed by atoms with Crippen molar-refractivity contribution in [1.29, 1.82) is 0 Å². The van der Waals surface area contributed by atoms with Crippen LogP contribution in [0, 0.1) is 0 Å². The van der Waals surface area contributed by atoms with E-state index < -0.39 is 36.9 Å². The maximum absolute atomic E-state index is 10.7. The van der Waals surface area contributed by atoms with Gasteiger partial charge in [-0.1, -0.05) is 41.5 Å². The first kappa shape index (κ1) is 17.9. The topological polar surface area (TPSA) is 106 Å². The maximum atomic E-state index is 10.7. The third-order valence-electron chi connectivity index (χ3n) is 4.27. The molecule has 1 aromatic rings. The summed E-state index contributed by atoms with van der Waals surface area (Å²) in [6, 6.07) is 8.49. The average Bonchev–Trinajstić information content (AvgIpc) is 2.65. The maximum Gasteiger partial charge on any atom is 0.184 e. The molecular formula is C17H21N3O5. The Morgan fingerprint density at radius 1 is 1.40 bits per heavy atom. The summed E-state index contributed by atoms with van der Waals surface area (Å²) in [6.07, 6.45) is -2.54. The van der Waals surface area contributed by atoms with Crippen molar-refractivity contribution in [3.63, 3.8) is 0 Å². The van der Waals surface area contributed by atoms with Gasteiger partial charge < -0.3 is 24.1 Å². The van der Waals surface area contributed by atoms with E-state index >= 15 is 0 Å². The zero-order valence-electron chi connectivity index (χ0n) is 13.8. The van der Waals surface area contributed by atoms with Crippen molar-refractivity contribution in [1.82, 2.24) is 0 Å². The van der Waals surface area contributed by atoms with E-state index in [1.54, 1.807) is 13.0 Å². The van der Waals surface area contributed by atoms with Gasteiger partial charge in [0.2, 0.25) is 0 Å². The SMILES string of the molecule is C=CC(C)O[C@@H]1O[C@@H]2COC(c3ccccc3)O[C@H]2[C@H](O)[C@H]1N=[N+]=[N-]. The van der Waals surface area contributed by atoms with Crippen molar-refractivity contribution in [3.8, 4) is 0 Å². The van der Waals surface area contributed by atoms with Gasteiger partial charge in [0.05, 0.1) is 18.8 Å². The Morgan fingerprint density at radius 3 is 2.84 bits per heavy atom. The van der Waals surface area contributed by atoms with Gasteiger partial charge in [-0.25, -0.2) is 0 Å². The second kappa shape index (κ2) is 7.97. The van der Waals surface area contributed by atoms with Crippen molar-refractivity contribution in [2.45, 2.75) is 50.0 Å². The molecule has 0 aliphatic carbocycles. The normalized spacial score (nSPS) is 35.9. The first-order chi connectivity index (χ1) is 12.1. The van der Waals surface area contributed by atoms with Crippen LogP contribution in [0.15, 0.2) is 48.1 Å². The third kappa shape index (κ3) is 3.85. The van der Waals surface area contributed by atoms with Gasteiger partial charge in [-0.15, -0.1) is 6.58 Å². The number of hydrogen-bond acceptors (Lipinski definition) is 6. The Bertz CT molecular complexity index is 636. The highest BCUT2D eigenvalue weighted by Crippen LogP contribution is 2.35. The Labute approximate surface area is 145 Å². The van der Waals surface area contributed by atoms with E-state index in [-0.39, 0.29) is 12.7 Å². The highest BCUT2D eigenvalue weighted by Gasteiger charge is 2.49. The first-order valence-electron chi connectivity index (χ1n) is 8.11. The number of benzene rings is 1. The van der Waals surface area contributed by atoms with Crippen molar-refractivity contribution in [3.05, 3.63) is 59.0 Å². The van der Waals surface area contributed by atoms with Gasteiger partial charge in [-0.05, 0) is 12.5 Å². The lowest BCUT2D eigenvalue weighted by atomic mass is 9.96. The van der Waals surface area contributed by atoms with E-state index in [9.17, 15) is 5.11 Å². The van der Waals surface area contributed by atoms with E-state index in [0.29, 0.717) is 0 Å². The van der Waals surface area contributed by atoms with Gasteiger partial charge in [0, 0.05) is 10.5 Å². The second-order valence-corrected chi connectivity index (χ2v) is 5.98. The van der Waals surface area contributed by atoms with Crippen LogP contribution < -0.4 is 0 Å². The number of rotatable bonds is 5. The van der Waals surface area contributed by atoms with Crippen LogP contribution in [0.25, 0.3) is 10.4 Å². The fraction of sp³-hybridized carbons (Fsp3) is 0.529. The Hall–Kier alpha value is -1.93. The zero-order valence-corrected chi connectivity index (χ0v) is 13.8. The molecule has 2 aliphatic rings. The van der Waals surface area contributed by atoms with Crippen molar-refractivity contribution >= 4 is 0 Å². The molecular weight excluding hydrogens is 326 g/mol. The van der Waals surface area contributed by atoms with Crippen LogP contribution in [0.4, 0.5) is 0 Å². The molecule has 0 aromatic heterocycles. The summed E-state index contributed by atoms with van der Waals surface area (Å²) in [7, 11) is 0. The minimum atomic E-state index is -1.08. The molecule has 0 radical (unpaired) electrons. The quantitative estimate of drug-likeness (QED) is 0.381. The van der Waals surface area contributed by atoms with Crippen molar-refractivity contribution in [2.24, 2.45) is 5.11 Å². The molecule has 2 saturated heterocycles. The molecule has 2 aliphatic heterocycles. The summed E-state index contributed by atoms with van der Waals surface area (Å²) in [5.41, 5.74) is 9.66. The molecule has 134 valence electrons. The number of ether oxygens (including phenoxy) is 4. The van der Waals surface area contributed by atoms with Gasteiger partial charge in [0.25, 0.3) is 0 Å². The first-order valence-corrected chi connectivity index (χ1v) is 8.11. The van der Waals surface area contributed by atoms with Crippen LogP contribution >= 0.6 is 0 Å². The predicted molar refractivity (Wildman–Crippen MR) is 88.4 cm³/mol. The molecule has 3 rings (SSSR count). The summed E-state index contributed by atoms with van der Waals surface area (Å²) >= 11 is 0. The molecule has 2 unspecified atom stereocenters. The number of nitrogens with zero attached hydrogens (tertiary/aromatic N) is 3. The molecule has 0 spiro atoms. The summed E-state index contributed by atoms with van der Waals surface area (Å²) in [6.45, 7) is 5.65. The van der Waals surface area contributed by atoms with Gasteiger partial charge in [0.15, 0.2) is 12.6 Å². The fourth-order valence-electron chi connectivity index (χ4n) is 2.92. The summed E-state index contributed by atoms with van der Waals surface area (Å²) in [5, 5.41) is 14.3. The van der Waals surface area contributed by atoms with E-state index in [1.807, 2.05) is 30.3 Å². The van der Waals surface area contributed by atoms with Crippen LogP contribution in [-0.2, 0) is 18.9 Å². The Balaban J connectivity index is 1.77. The van der Waals surface area contributed by atoms with Crippen LogP contribution in [0.2, 0.25) is 0 Å². The molecule has 1 N–H and O–H groups in total. The van der Waals surface area contributed by atoms with Crippen LogP contribution in [0.1, 0.15) is 18.8 Å². The molecule has 2 fully saturated rings. The molecule has 0 saturated carbocycles. The zero-order chi connectivity index (χ0) is 17.8. The minimum absolute atomic E-state index is 0.229. The molecule has 0 amide bonds. The molecule has 8 nitrogen and oxygen atoms in total. The summed E-state index contributed by atoms with van der Waals surface area (Å²) in [4.78, 5) is 2.80. The molecule has 7 atom stereocenters. The molecule has 0 bridgehead atoms. The van der Waals surface area contributed by atoms with Gasteiger partial charge >= 0.3 is 0 Å². The molecule has 25 heavy (non-hydrogen) atoms. The monoisotopic (exact) mass is 347 g/mol. The van der Waals surface area contributed by atoms with E-state index in [2.05, 4.69) is 16.6 Å². The smallest absolute Gasteiger partial charge is 0.184 e. The van der Waals surface area contributed by atoms with E-state index in [1.165, 1.54) is 0 Å². The largest absolute Gasteiger partial charge is 0.390 e. The van der Waals surface area contributed by atoms with Crippen molar-refractivity contribution < 1.29 is 24.1 Å². The highest BCUT2D eigenvalue weighted by molar-refractivity contribution is 5.16. The van der Waals surface area contributed by atoms with Gasteiger partial charge in [0.1, 0.15) is 18.2 Å². The number of hydrogen-bond donors (Lipinski definition) is 1. The predicted octanol–water partition coefficient (Wildman–Crippen LogP) is 2.46. The van der Waals surface area contributed by atoms with Crippen LogP contribution in [-0.4, -0.2) is 48.5 Å². The summed E-state index contributed by atoms with van der Waals surface area (Å²) in [5.74, 6) is 0. The minimum Gasteiger partial charge on any atom is -0.390 e. The lowest BCUT2D eigenvalue weighted by Gasteiger charge is -2.46. The Kier molecular flexibility index (Phi) is 5.70. The lowest BCUT2D eigenvalue weighted by Crippen LogP contribution is -2.61. The highest BCUT2D eigenvalue weighted by atomic mass is 16.7. The fourth-order valence-corrected chi connectivity index (χ4v) is 2.92. The lowest BCUT2D eigenvalue weighted by molar-refractivity contribution is -0.344.